The molecule has 3 nitrogen and oxygen atoms in total. The van der Waals surface area contributed by atoms with E-state index in [0.29, 0.717) is 0 Å². The summed E-state index contributed by atoms with van der Waals surface area (Å²) >= 11 is 1.62. The van der Waals surface area contributed by atoms with E-state index in [2.05, 4.69) is 47.6 Å². The van der Waals surface area contributed by atoms with Crippen molar-refractivity contribution in [1.29, 1.82) is 0 Å². The van der Waals surface area contributed by atoms with Crippen molar-refractivity contribution in [3.63, 3.8) is 0 Å². The molecule has 0 spiro atoms. The van der Waals surface area contributed by atoms with Gasteiger partial charge in [0, 0.05) is 11.6 Å². The highest BCUT2D eigenvalue weighted by atomic mass is 32.1. The van der Waals surface area contributed by atoms with Crippen LogP contribution in [0.15, 0.2) is 48.0 Å². The zero-order valence-electron chi connectivity index (χ0n) is 11.5. The summed E-state index contributed by atoms with van der Waals surface area (Å²) in [7, 11) is 1.69. The Morgan fingerprint density at radius 1 is 1.15 bits per heavy atom. The topological polar surface area (TPSA) is 34.1 Å². The van der Waals surface area contributed by atoms with E-state index in [-0.39, 0.29) is 6.04 Å². The van der Waals surface area contributed by atoms with Crippen molar-refractivity contribution < 1.29 is 4.74 Å². The molecule has 3 rings (SSSR count). The molecular weight excluding hydrogens is 268 g/mol. The first-order valence-electron chi connectivity index (χ1n) is 6.50. The van der Waals surface area contributed by atoms with Crippen LogP contribution in [-0.4, -0.2) is 12.1 Å². The van der Waals surface area contributed by atoms with Gasteiger partial charge < -0.3 is 10.1 Å². The van der Waals surface area contributed by atoms with Crippen molar-refractivity contribution in [2.75, 3.05) is 12.4 Å². The van der Waals surface area contributed by atoms with E-state index in [9.17, 15) is 0 Å². The molecule has 0 aliphatic rings. The standard InChI is InChI=1S/C16H16N2OS/c1-11(18-16-17-7-8-20-16)12-3-4-14-10-15(19-2)6-5-13(14)9-12/h3-11H,1-2H3,(H,17,18). The summed E-state index contributed by atoms with van der Waals surface area (Å²) in [4.78, 5) is 4.26. The molecule has 0 bridgehead atoms. The van der Waals surface area contributed by atoms with Crippen LogP contribution >= 0.6 is 11.3 Å². The number of fused-ring (bicyclic) bond motifs is 1. The van der Waals surface area contributed by atoms with Gasteiger partial charge in [-0.15, -0.1) is 11.3 Å². The Morgan fingerprint density at radius 2 is 1.95 bits per heavy atom. The minimum atomic E-state index is 0.229. The quantitative estimate of drug-likeness (QED) is 0.767. The summed E-state index contributed by atoms with van der Waals surface area (Å²) in [5.41, 5.74) is 1.25. The van der Waals surface area contributed by atoms with E-state index in [0.717, 1.165) is 10.9 Å². The zero-order chi connectivity index (χ0) is 13.9. The van der Waals surface area contributed by atoms with E-state index in [1.165, 1.54) is 16.3 Å². The first-order valence-corrected chi connectivity index (χ1v) is 7.38. The third-order valence-electron chi connectivity index (χ3n) is 3.34. The number of anilines is 1. The number of nitrogens with one attached hydrogen (secondary N) is 1. The van der Waals surface area contributed by atoms with Crippen LogP contribution in [0.2, 0.25) is 0 Å². The van der Waals surface area contributed by atoms with Crippen LogP contribution in [0.25, 0.3) is 10.8 Å². The van der Waals surface area contributed by atoms with Crippen molar-refractivity contribution in [2.24, 2.45) is 0 Å². The molecule has 4 heteroatoms. The van der Waals surface area contributed by atoms with Crippen molar-refractivity contribution in [1.82, 2.24) is 4.98 Å². The van der Waals surface area contributed by atoms with Gasteiger partial charge in [0.1, 0.15) is 5.75 Å². The molecule has 3 aromatic rings. The van der Waals surface area contributed by atoms with Crippen LogP contribution in [0.1, 0.15) is 18.5 Å². The van der Waals surface area contributed by atoms with E-state index in [1.54, 1.807) is 18.4 Å². The second-order valence-electron chi connectivity index (χ2n) is 4.68. The van der Waals surface area contributed by atoms with Crippen LogP contribution in [0.5, 0.6) is 5.75 Å². The molecule has 2 aromatic carbocycles. The Bertz CT molecular complexity index is 710. The predicted octanol–water partition coefficient (Wildman–Crippen LogP) is 4.48. The first-order chi connectivity index (χ1) is 9.76. The minimum absolute atomic E-state index is 0.229. The van der Waals surface area contributed by atoms with Gasteiger partial charge in [-0.05, 0) is 41.5 Å². The van der Waals surface area contributed by atoms with Gasteiger partial charge in [0.05, 0.1) is 13.2 Å². The molecule has 102 valence electrons. The fourth-order valence-corrected chi connectivity index (χ4v) is 2.82. The summed E-state index contributed by atoms with van der Waals surface area (Å²) in [5, 5.41) is 8.74. The molecule has 1 atom stereocenters. The van der Waals surface area contributed by atoms with E-state index < -0.39 is 0 Å². The van der Waals surface area contributed by atoms with Crippen LogP contribution in [-0.2, 0) is 0 Å². The van der Waals surface area contributed by atoms with Crippen LogP contribution in [0.3, 0.4) is 0 Å². The lowest BCUT2D eigenvalue weighted by Gasteiger charge is -2.14. The van der Waals surface area contributed by atoms with Crippen molar-refractivity contribution in [3.8, 4) is 5.75 Å². The van der Waals surface area contributed by atoms with Gasteiger partial charge in [-0.25, -0.2) is 4.98 Å². The maximum atomic E-state index is 5.25. The average molecular weight is 284 g/mol. The molecule has 0 radical (unpaired) electrons. The number of methoxy groups -OCH3 is 1. The molecule has 1 heterocycles. The number of benzene rings is 2. The summed E-state index contributed by atoms with van der Waals surface area (Å²) in [6.45, 7) is 2.14. The minimum Gasteiger partial charge on any atom is -0.497 e. The maximum absolute atomic E-state index is 5.25. The van der Waals surface area contributed by atoms with Crippen LogP contribution in [0, 0.1) is 0 Å². The number of ether oxygens (including phenoxy) is 1. The molecule has 0 saturated carbocycles. The lowest BCUT2D eigenvalue weighted by Crippen LogP contribution is -2.06. The van der Waals surface area contributed by atoms with Crippen LogP contribution in [0.4, 0.5) is 5.13 Å². The van der Waals surface area contributed by atoms with Gasteiger partial charge in [0.2, 0.25) is 0 Å². The fraction of sp³-hybridized carbons (Fsp3) is 0.188. The van der Waals surface area contributed by atoms with Gasteiger partial charge in [-0.1, -0.05) is 18.2 Å². The lowest BCUT2D eigenvalue weighted by atomic mass is 10.0. The molecule has 0 aliphatic carbocycles. The lowest BCUT2D eigenvalue weighted by molar-refractivity contribution is 0.415. The fourth-order valence-electron chi connectivity index (χ4n) is 2.20. The normalized spacial score (nSPS) is 12.3. The van der Waals surface area contributed by atoms with Crippen molar-refractivity contribution in [3.05, 3.63) is 53.5 Å². The Labute approximate surface area is 122 Å². The molecule has 0 amide bonds. The van der Waals surface area contributed by atoms with Gasteiger partial charge >= 0.3 is 0 Å². The Morgan fingerprint density at radius 3 is 2.70 bits per heavy atom. The molecule has 20 heavy (non-hydrogen) atoms. The molecule has 0 aliphatic heterocycles. The SMILES string of the molecule is COc1ccc2cc(C(C)Nc3nccs3)ccc2c1. The highest BCUT2D eigenvalue weighted by molar-refractivity contribution is 7.13. The van der Waals surface area contributed by atoms with E-state index in [4.69, 9.17) is 4.74 Å². The van der Waals surface area contributed by atoms with Crippen LogP contribution < -0.4 is 10.1 Å². The van der Waals surface area contributed by atoms with Gasteiger partial charge in [-0.2, -0.15) is 0 Å². The Balaban J connectivity index is 1.88. The second-order valence-corrected chi connectivity index (χ2v) is 5.57. The molecule has 1 aromatic heterocycles. The Kier molecular flexibility index (Phi) is 3.56. The van der Waals surface area contributed by atoms with E-state index >= 15 is 0 Å². The molecule has 0 saturated heterocycles. The van der Waals surface area contributed by atoms with Gasteiger partial charge in [0.25, 0.3) is 0 Å². The van der Waals surface area contributed by atoms with Crippen molar-refractivity contribution in [2.45, 2.75) is 13.0 Å². The predicted molar refractivity (Wildman–Crippen MR) is 84.7 cm³/mol. The highest BCUT2D eigenvalue weighted by Gasteiger charge is 2.07. The second kappa shape index (κ2) is 5.51. The van der Waals surface area contributed by atoms with Gasteiger partial charge in [-0.3, -0.25) is 0 Å². The number of hydrogen-bond acceptors (Lipinski definition) is 4. The third kappa shape index (κ3) is 2.60. The zero-order valence-corrected chi connectivity index (χ0v) is 12.3. The Hall–Kier alpha value is -2.07. The largest absolute Gasteiger partial charge is 0.497 e. The third-order valence-corrected chi connectivity index (χ3v) is 4.05. The molecule has 1 N–H and O–H groups in total. The summed E-state index contributed by atoms with van der Waals surface area (Å²) < 4.78 is 5.25. The number of aromatic nitrogens is 1. The average Bonchev–Trinajstić information content (AvgIpc) is 2.99. The van der Waals surface area contributed by atoms with Crippen molar-refractivity contribution >= 4 is 27.2 Å². The number of hydrogen-bond donors (Lipinski definition) is 1. The van der Waals surface area contributed by atoms with E-state index in [1.807, 2.05) is 17.6 Å². The summed E-state index contributed by atoms with van der Waals surface area (Å²) in [5.74, 6) is 0.888. The maximum Gasteiger partial charge on any atom is 0.183 e. The summed E-state index contributed by atoms with van der Waals surface area (Å²) in [6.07, 6.45) is 1.81. The number of rotatable bonds is 4. The number of thiazole rings is 1. The monoisotopic (exact) mass is 284 g/mol. The molecule has 1 unspecified atom stereocenters. The molecular formula is C16H16N2OS. The smallest absolute Gasteiger partial charge is 0.183 e. The summed E-state index contributed by atoms with van der Waals surface area (Å²) in [6, 6.07) is 12.9. The van der Waals surface area contributed by atoms with Gasteiger partial charge in [0.15, 0.2) is 5.13 Å². The first kappa shape index (κ1) is 12.9. The highest BCUT2D eigenvalue weighted by Crippen LogP contribution is 2.26. The number of nitrogens with zero attached hydrogens (tertiary/aromatic N) is 1. The molecule has 0 fully saturated rings.